The smallest absolute Gasteiger partial charge is 0.326 e. The van der Waals surface area contributed by atoms with Crippen LogP contribution < -0.4 is 28.7 Å². The van der Waals surface area contributed by atoms with E-state index in [0.717, 1.165) is 122 Å². The fourth-order valence-electron chi connectivity index (χ4n) is 9.11. The molecule has 0 unspecified atom stereocenters. The third-order valence-electron chi connectivity index (χ3n) is 13.3. The van der Waals surface area contributed by atoms with Crippen LogP contribution in [0.3, 0.4) is 0 Å². The van der Waals surface area contributed by atoms with Gasteiger partial charge < -0.3 is 18.1 Å². The number of aryl methyl sites for hydroxylation is 12. The first-order valence-electron chi connectivity index (χ1n) is 25.2. The second-order valence-electron chi connectivity index (χ2n) is 17.1. The van der Waals surface area contributed by atoms with Crippen molar-refractivity contribution in [3.05, 3.63) is 164 Å². The lowest BCUT2D eigenvalue weighted by Crippen LogP contribution is -2.13. The average molecular weight is 923 g/mol. The summed E-state index contributed by atoms with van der Waals surface area (Å²) >= 11 is 0. The lowest BCUT2D eigenvalue weighted by molar-refractivity contribution is 0.493. The Morgan fingerprint density at radius 3 is 0.606 bits per heavy atom. The zero-order valence-electron chi connectivity index (χ0n) is 42.3. The summed E-state index contributed by atoms with van der Waals surface area (Å²) < 4.78 is 28.4. The highest BCUT2D eigenvalue weighted by atomic mass is 31.2. The van der Waals surface area contributed by atoms with E-state index in [2.05, 4.69) is 180 Å². The molecule has 0 spiro atoms. The van der Waals surface area contributed by atoms with Crippen molar-refractivity contribution in [3.63, 3.8) is 0 Å². The summed E-state index contributed by atoms with van der Waals surface area (Å²) in [7, 11) is -3.02. The predicted octanol–water partition coefficient (Wildman–Crippen LogP) is 16.3. The van der Waals surface area contributed by atoms with Gasteiger partial charge in [-0.15, -0.1) is 0 Å². The second-order valence-corrected chi connectivity index (χ2v) is 19.9. The van der Waals surface area contributed by atoms with Crippen LogP contribution in [0.5, 0.6) is 23.0 Å². The molecule has 350 valence electrons. The first-order chi connectivity index (χ1) is 32.1. The fraction of sp³-hybridized carbons (Fsp3) is 0.400. The Morgan fingerprint density at radius 1 is 0.242 bits per heavy atom. The van der Waals surface area contributed by atoms with Crippen molar-refractivity contribution in [2.75, 3.05) is 0 Å². The van der Waals surface area contributed by atoms with Gasteiger partial charge in [-0.3, -0.25) is 0 Å². The van der Waals surface area contributed by atoms with E-state index in [1.54, 1.807) is 0 Å². The van der Waals surface area contributed by atoms with Gasteiger partial charge in [0.1, 0.15) is 23.0 Å². The number of hydrogen-bond donors (Lipinski definition) is 0. The van der Waals surface area contributed by atoms with Gasteiger partial charge in [-0.25, -0.2) is 0 Å². The summed E-state index contributed by atoms with van der Waals surface area (Å²) in [5, 5.41) is 2.07. The van der Waals surface area contributed by atoms with Crippen molar-refractivity contribution in [1.82, 2.24) is 0 Å². The lowest BCUT2D eigenvalue weighted by Gasteiger charge is -2.24. The van der Waals surface area contributed by atoms with Crippen LogP contribution in [0.15, 0.2) is 97.1 Å². The molecule has 0 aromatic heterocycles. The normalized spacial score (nSPS) is 11.4. The third-order valence-corrected chi connectivity index (χ3v) is 16.2. The van der Waals surface area contributed by atoms with E-state index in [1.807, 2.05) is 0 Å². The van der Waals surface area contributed by atoms with Gasteiger partial charge >= 0.3 is 16.8 Å². The Kier molecular flexibility index (Phi) is 18.8. The zero-order valence-corrected chi connectivity index (χ0v) is 44.0. The molecular formula is C60H76O4P2. The van der Waals surface area contributed by atoms with Crippen LogP contribution in [-0.4, -0.2) is 0 Å². The maximum absolute atomic E-state index is 7.09. The Balaban J connectivity index is 1.37. The van der Waals surface area contributed by atoms with Gasteiger partial charge in [-0.05, 0) is 203 Å². The van der Waals surface area contributed by atoms with Gasteiger partial charge in [0.05, 0.1) is 10.6 Å². The molecule has 6 heteroatoms. The quantitative estimate of drug-likeness (QED) is 0.0600. The molecule has 0 aliphatic carbocycles. The molecule has 0 bridgehead atoms. The molecule has 4 nitrogen and oxygen atoms in total. The van der Waals surface area contributed by atoms with Gasteiger partial charge in [0.2, 0.25) is 0 Å². The monoisotopic (exact) mass is 923 g/mol. The first-order valence-corrected chi connectivity index (χ1v) is 27.6. The van der Waals surface area contributed by atoms with E-state index in [4.69, 9.17) is 18.1 Å². The lowest BCUT2D eigenvalue weighted by atomic mass is 9.98. The average Bonchev–Trinajstić information content (AvgIpc) is 3.37. The van der Waals surface area contributed by atoms with Crippen LogP contribution in [0.2, 0.25) is 0 Å². The molecule has 0 aliphatic rings. The van der Waals surface area contributed by atoms with Crippen LogP contribution in [0.1, 0.15) is 150 Å². The van der Waals surface area contributed by atoms with E-state index in [9.17, 15) is 0 Å². The SMILES string of the molecule is CCc1cc(CC)c(OP(Oc2cc(CC)c(CC)cc2CC)c2ccc(-c3ccc(P(Oc4cc(CC)c(CC)cc4CC)Oc4cc(CC)c(CC)cc4CC)cc3)cc2)cc1CC. The molecule has 0 radical (unpaired) electrons. The largest absolute Gasteiger partial charge is 0.435 e. The highest BCUT2D eigenvalue weighted by molar-refractivity contribution is 7.57. The molecule has 0 aliphatic heterocycles. The van der Waals surface area contributed by atoms with Crippen LogP contribution >= 0.6 is 16.8 Å². The molecule has 0 fully saturated rings. The van der Waals surface area contributed by atoms with Crippen molar-refractivity contribution in [3.8, 4) is 34.1 Å². The van der Waals surface area contributed by atoms with Crippen LogP contribution in [-0.2, 0) is 77.0 Å². The van der Waals surface area contributed by atoms with E-state index in [-0.39, 0.29) is 0 Å². The standard InChI is InChI=1S/C60H76O4P2/c1-13-41-33-49(21-9)57(37-45(41)17-5)61-65(62-58-38-46(18-6)42(14-2)34-50(58)22-10)55-29-25-53(26-30-55)54-27-31-56(32-28-54)66(63-59-39-47(19-7)43(15-3)35-51(59)23-11)64-60-40-48(20-8)44(16-4)36-52(60)24-12/h25-40H,13-24H2,1-12H3. The van der Waals surface area contributed by atoms with Crippen LogP contribution in [0.4, 0.5) is 0 Å². The minimum absolute atomic E-state index is 0.892. The van der Waals surface area contributed by atoms with Crippen molar-refractivity contribution < 1.29 is 18.1 Å². The minimum Gasteiger partial charge on any atom is -0.435 e. The minimum atomic E-state index is -1.51. The van der Waals surface area contributed by atoms with Gasteiger partial charge in [-0.1, -0.05) is 132 Å². The van der Waals surface area contributed by atoms with Gasteiger partial charge in [-0.2, -0.15) is 0 Å². The van der Waals surface area contributed by atoms with E-state index < -0.39 is 16.8 Å². The second kappa shape index (κ2) is 24.4. The summed E-state index contributed by atoms with van der Waals surface area (Å²) in [6, 6.07) is 36.1. The van der Waals surface area contributed by atoms with Gasteiger partial charge in [0.15, 0.2) is 0 Å². The fourth-order valence-corrected chi connectivity index (χ4v) is 11.8. The highest BCUT2D eigenvalue weighted by Crippen LogP contribution is 2.46. The molecule has 0 saturated carbocycles. The molecule has 66 heavy (non-hydrogen) atoms. The first kappa shape index (κ1) is 50.8. The van der Waals surface area contributed by atoms with Gasteiger partial charge in [0, 0.05) is 0 Å². The van der Waals surface area contributed by atoms with Crippen LogP contribution in [0, 0.1) is 0 Å². The summed E-state index contributed by atoms with van der Waals surface area (Å²) in [4.78, 5) is 0. The molecule has 0 heterocycles. The summed E-state index contributed by atoms with van der Waals surface area (Å²) in [5.74, 6) is 3.70. The molecule has 6 aromatic carbocycles. The molecule has 6 aromatic rings. The number of rotatable bonds is 23. The van der Waals surface area contributed by atoms with Crippen molar-refractivity contribution in [2.45, 2.75) is 160 Å². The van der Waals surface area contributed by atoms with E-state index in [0.29, 0.717) is 0 Å². The summed E-state index contributed by atoms with van der Waals surface area (Å²) in [6.45, 7) is 26.7. The Hall–Kier alpha value is -4.62. The zero-order chi connectivity index (χ0) is 47.3. The number of benzene rings is 6. The maximum atomic E-state index is 7.09. The van der Waals surface area contributed by atoms with Crippen molar-refractivity contribution >= 4 is 27.4 Å². The molecule has 6 rings (SSSR count). The molecule has 0 saturated heterocycles. The molecule has 0 amide bonds. The topological polar surface area (TPSA) is 36.9 Å². The Labute approximate surface area is 401 Å². The van der Waals surface area contributed by atoms with E-state index in [1.165, 1.54) is 66.8 Å². The van der Waals surface area contributed by atoms with E-state index >= 15 is 0 Å². The third kappa shape index (κ3) is 11.7. The maximum Gasteiger partial charge on any atom is 0.326 e. The Bertz CT molecular complexity index is 2220. The molecule has 0 atom stereocenters. The molecular weight excluding hydrogens is 847 g/mol. The van der Waals surface area contributed by atoms with Crippen molar-refractivity contribution in [1.29, 1.82) is 0 Å². The Morgan fingerprint density at radius 2 is 0.424 bits per heavy atom. The van der Waals surface area contributed by atoms with Crippen molar-refractivity contribution in [2.24, 2.45) is 0 Å². The summed E-state index contributed by atoms with van der Waals surface area (Å²) in [6.07, 6.45) is 11.5. The van der Waals surface area contributed by atoms with Gasteiger partial charge in [0.25, 0.3) is 0 Å². The van der Waals surface area contributed by atoms with Crippen LogP contribution in [0.25, 0.3) is 11.1 Å². The highest BCUT2D eigenvalue weighted by Gasteiger charge is 2.25. The number of hydrogen-bond acceptors (Lipinski definition) is 4. The molecule has 0 N–H and O–H groups in total. The predicted molar refractivity (Wildman–Crippen MR) is 286 cm³/mol. The summed E-state index contributed by atoms with van der Waals surface area (Å²) in [5.41, 5.74) is 18.1.